The van der Waals surface area contributed by atoms with Gasteiger partial charge in [0.25, 0.3) is 0 Å². The number of carbonyl (C=O) groups is 1. The van der Waals surface area contributed by atoms with Crippen molar-refractivity contribution >= 4 is 11.7 Å². The van der Waals surface area contributed by atoms with Crippen LogP contribution < -0.4 is 10.2 Å². The molecule has 3 rings (SSSR count). The highest BCUT2D eigenvalue weighted by Gasteiger charge is 2.35. The second kappa shape index (κ2) is 8.53. The van der Waals surface area contributed by atoms with Gasteiger partial charge in [0.1, 0.15) is 5.82 Å². The Bertz CT molecular complexity index is 805. The Balaban J connectivity index is 1.81. The van der Waals surface area contributed by atoms with E-state index >= 15 is 0 Å². The molecule has 0 aliphatic carbocycles. The molecule has 2 aromatic heterocycles. The third-order valence-electron chi connectivity index (χ3n) is 4.68. The highest BCUT2D eigenvalue weighted by atomic mass is 19.4. The van der Waals surface area contributed by atoms with Crippen LogP contribution in [0.1, 0.15) is 31.9 Å². The molecule has 1 fully saturated rings. The summed E-state index contributed by atoms with van der Waals surface area (Å²) in [7, 11) is 0. The third-order valence-corrected chi connectivity index (χ3v) is 4.68. The van der Waals surface area contributed by atoms with Gasteiger partial charge in [-0.1, -0.05) is 6.92 Å². The van der Waals surface area contributed by atoms with Gasteiger partial charge < -0.3 is 10.2 Å². The van der Waals surface area contributed by atoms with Crippen LogP contribution in [0, 0.1) is 5.92 Å². The zero-order chi connectivity index (χ0) is 20.1. The molecule has 3 heterocycles. The summed E-state index contributed by atoms with van der Waals surface area (Å²) in [6, 6.07) is 4.12. The Labute approximate surface area is 161 Å². The number of piperidine rings is 1. The molecule has 0 radical (unpaired) electrons. The van der Waals surface area contributed by atoms with Crippen molar-refractivity contribution in [3.05, 3.63) is 36.3 Å². The number of alkyl halides is 3. The topological polar surface area (TPSA) is 71.0 Å². The molecule has 9 heteroatoms. The number of hydrogen-bond acceptors (Lipinski definition) is 5. The molecule has 2 aromatic rings. The lowest BCUT2D eigenvalue weighted by Gasteiger charge is -2.32. The van der Waals surface area contributed by atoms with Crippen LogP contribution in [0.3, 0.4) is 0 Å². The van der Waals surface area contributed by atoms with Gasteiger partial charge in [-0.25, -0.2) is 9.97 Å². The second-order valence-corrected chi connectivity index (χ2v) is 6.72. The summed E-state index contributed by atoms with van der Waals surface area (Å²) in [6.45, 7) is 3.55. The molecule has 1 aliphatic heterocycles. The lowest BCUT2D eigenvalue weighted by molar-refractivity contribution is -0.141. The Morgan fingerprint density at radius 2 is 1.89 bits per heavy atom. The Kier molecular flexibility index (Phi) is 6.11. The number of amides is 1. The van der Waals surface area contributed by atoms with Crippen LogP contribution in [0.15, 0.2) is 30.6 Å². The van der Waals surface area contributed by atoms with E-state index in [4.69, 9.17) is 0 Å². The number of pyridine rings is 1. The minimum Gasteiger partial charge on any atom is -0.356 e. The quantitative estimate of drug-likeness (QED) is 0.844. The van der Waals surface area contributed by atoms with Crippen LogP contribution in [0.5, 0.6) is 0 Å². The lowest BCUT2D eigenvalue weighted by atomic mass is 9.96. The number of rotatable bonds is 5. The number of aromatic nitrogens is 3. The molecule has 6 nitrogen and oxygen atoms in total. The summed E-state index contributed by atoms with van der Waals surface area (Å²) in [5.74, 6) is 0.126. The number of nitrogens with one attached hydrogen (secondary N) is 1. The number of hydrogen-bond donors (Lipinski definition) is 1. The monoisotopic (exact) mass is 393 g/mol. The van der Waals surface area contributed by atoms with Crippen molar-refractivity contribution in [1.82, 2.24) is 20.3 Å². The molecule has 150 valence electrons. The van der Waals surface area contributed by atoms with Crippen LogP contribution in [0.25, 0.3) is 11.4 Å². The molecule has 1 N–H and O–H groups in total. The van der Waals surface area contributed by atoms with Crippen molar-refractivity contribution in [2.45, 2.75) is 32.4 Å². The van der Waals surface area contributed by atoms with E-state index in [2.05, 4.69) is 20.3 Å². The van der Waals surface area contributed by atoms with Gasteiger partial charge in [-0.3, -0.25) is 9.78 Å². The van der Waals surface area contributed by atoms with Gasteiger partial charge in [-0.15, -0.1) is 0 Å². The zero-order valence-electron chi connectivity index (χ0n) is 15.5. The van der Waals surface area contributed by atoms with Gasteiger partial charge in [0.2, 0.25) is 5.91 Å². The Hall–Kier alpha value is -2.71. The standard InChI is InChI=1S/C19H22F3N5O/c1-2-7-24-18(28)14-5-10-27(11-6-14)16-12-15(19(20,21)22)25-17(26-16)13-3-8-23-9-4-13/h3-4,8-9,12,14H,2,5-7,10-11H2,1H3,(H,24,28). The molecular formula is C19H22F3N5O. The minimum absolute atomic E-state index is 0.00929. The van der Waals surface area contributed by atoms with Crippen molar-refractivity contribution < 1.29 is 18.0 Å². The van der Waals surface area contributed by atoms with Gasteiger partial charge in [-0.05, 0) is 31.4 Å². The largest absolute Gasteiger partial charge is 0.433 e. The maximum Gasteiger partial charge on any atom is 0.433 e. The summed E-state index contributed by atoms with van der Waals surface area (Å²) in [5, 5.41) is 2.88. The fourth-order valence-corrected chi connectivity index (χ4v) is 3.14. The molecule has 1 amide bonds. The smallest absolute Gasteiger partial charge is 0.356 e. The average molecular weight is 393 g/mol. The molecule has 1 saturated heterocycles. The van der Waals surface area contributed by atoms with Gasteiger partial charge in [0, 0.05) is 49.6 Å². The van der Waals surface area contributed by atoms with E-state index in [9.17, 15) is 18.0 Å². The summed E-state index contributed by atoms with van der Waals surface area (Å²) < 4.78 is 40.0. The summed E-state index contributed by atoms with van der Waals surface area (Å²) in [6.07, 6.45) is 0.413. The summed E-state index contributed by atoms with van der Waals surface area (Å²) in [5.41, 5.74) is -0.511. The Morgan fingerprint density at radius 1 is 1.21 bits per heavy atom. The average Bonchev–Trinajstić information content (AvgIpc) is 2.72. The molecule has 0 bridgehead atoms. The van der Waals surface area contributed by atoms with E-state index in [0.717, 1.165) is 12.5 Å². The highest BCUT2D eigenvalue weighted by Crippen LogP contribution is 2.32. The molecule has 0 saturated carbocycles. The predicted molar refractivity (Wildman–Crippen MR) is 98.5 cm³/mol. The molecular weight excluding hydrogens is 371 g/mol. The Morgan fingerprint density at radius 3 is 2.50 bits per heavy atom. The summed E-state index contributed by atoms with van der Waals surface area (Å²) in [4.78, 5) is 25.8. The first-order valence-corrected chi connectivity index (χ1v) is 9.28. The van der Waals surface area contributed by atoms with Crippen LogP contribution in [-0.2, 0) is 11.0 Å². The van der Waals surface area contributed by atoms with Crippen LogP contribution >= 0.6 is 0 Å². The molecule has 0 atom stereocenters. The first-order valence-electron chi connectivity index (χ1n) is 9.28. The van der Waals surface area contributed by atoms with Gasteiger partial charge in [0.15, 0.2) is 11.5 Å². The molecule has 0 aromatic carbocycles. The number of halogens is 3. The predicted octanol–water partition coefficient (Wildman–Crippen LogP) is 3.30. The normalized spacial score (nSPS) is 15.5. The minimum atomic E-state index is -4.57. The SMILES string of the molecule is CCCNC(=O)C1CCN(c2cc(C(F)(F)F)nc(-c3ccncc3)n2)CC1. The van der Waals surface area contributed by atoms with Gasteiger partial charge >= 0.3 is 6.18 Å². The van der Waals surface area contributed by atoms with Crippen molar-refractivity contribution in [2.75, 3.05) is 24.5 Å². The van der Waals surface area contributed by atoms with Crippen LogP contribution in [-0.4, -0.2) is 40.5 Å². The van der Waals surface area contributed by atoms with Crippen molar-refractivity contribution in [2.24, 2.45) is 5.92 Å². The molecule has 28 heavy (non-hydrogen) atoms. The molecule has 0 unspecified atom stereocenters. The van der Waals surface area contributed by atoms with E-state index in [0.29, 0.717) is 38.0 Å². The van der Waals surface area contributed by atoms with Crippen LogP contribution in [0.4, 0.5) is 19.0 Å². The fourth-order valence-electron chi connectivity index (χ4n) is 3.14. The zero-order valence-corrected chi connectivity index (χ0v) is 15.5. The third kappa shape index (κ3) is 4.76. The maximum atomic E-state index is 13.3. The first kappa shape index (κ1) is 20.0. The first-order chi connectivity index (χ1) is 13.4. The lowest BCUT2D eigenvalue weighted by Crippen LogP contribution is -2.41. The number of carbonyl (C=O) groups excluding carboxylic acids is 1. The van der Waals surface area contributed by atoms with Crippen molar-refractivity contribution in [3.8, 4) is 11.4 Å². The van der Waals surface area contributed by atoms with E-state index in [-0.39, 0.29) is 23.5 Å². The fraction of sp³-hybridized carbons (Fsp3) is 0.474. The maximum absolute atomic E-state index is 13.3. The number of anilines is 1. The second-order valence-electron chi connectivity index (χ2n) is 6.72. The highest BCUT2D eigenvalue weighted by molar-refractivity contribution is 5.79. The van der Waals surface area contributed by atoms with Gasteiger partial charge in [-0.2, -0.15) is 13.2 Å². The summed E-state index contributed by atoms with van der Waals surface area (Å²) >= 11 is 0. The van der Waals surface area contributed by atoms with E-state index in [1.807, 2.05) is 6.92 Å². The van der Waals surface area contributed by atoms with Gasteiger partial charge in [0.05, 0.1) is 0 Å². The van der Waals surface area contributed by atoms with Crippen molar-refractivity contribution in [3.63, 3.8) is 0 Å². The van der Waals surface area contributed by atoms with E-state index < -0.39 is 11.9 Å². The van der Waals surface area contributed by atoms with Crippen molar-refractivity contribution in [1.29, 1.82) is 0 Å². The van der Waals surface area contributed by atoms with E-state index in [1.54, 1.807) is 17.0 Å². The van der Waals surface area contributed by atoms with Crippen LogP contribution in [0.2, 0.25) is 0 Å². The molecule has 0 spiro atoms. The van der Waals surface area contributed by atoms with E-state index in [1.165, 1.54) is 12.4 Å². The molecule has 1 aliphatic rings. The number of nitrogens with zero attached hydrogens (tertiary/aromatic N) is 4.